The molecular formula is C14H22N2O2. The lowest BCUT2D eigenvalue weighted by molar-refractivity contribution is -0.116. The smallest absolute Gasteiger partial charge is 0.224 e. The Kier molecular flexibility index (Phi) is 5.65. The zero-order valence-electron chi connectivity index (χ0n) is 11.4. The molecule has 0 spiro atoms. The van der Waals surface area contributed by atoms with E-state index in [0.717, 1.165) is 23.2 Å². The second kappa shape index (κ2) is 7.01. The van der Waals surface area contributed by atoms with Crippen LogP contribution in [0.5, 0.6) is 0 Å². The highest BCUT2D eigenvalue weighted by Crippen LogP contribution is 2.22. The zero-order chi connectivity index (χ0) is 13.5. The molecule has 0 aliphatic heterocycles. The van der Waals surface area contributed by atoms with Crippen molar-refractivity contribution >= 4 is 17.3 Å². The summed E-state index contributed by atoms with van der Waals surface area (Å²) in [7, 11) is 0. The highest BCUT2D eigenvalue weighted by molar-refractivity contribution is 5.92. The Labute approximate surface area is 109 Å². The lowest BCUT2D eigenvalue weighted by Crippen LogP contribution is -2.13. The van der Waals surface area contributed by atoms with Gasteiger partial charge in [0.25, 0.3) is 0 Å². The van der Waals surface area contributed by atoms with Crippen molar-refractivity contribution in [2.24, 2.45) is 0 Å². The van der Waals surface area contributed by atoms with Gasteiger partial charge in [0.15, 0.2) is 0 Å². The number of carbonyl (C=O) groups excluding carboxylic acids is 1. The third-order valence-electron chi connectivity index (χ3n) is 2.78. The lowest BCUT2D eigenvalue weighted by Gasteiger charge is -2.11. The summed E-state index contributed by atoms with van der Waals surface area (Å²) in [5.74, 6) is 0.000978. The first-order valence-electron chi connectivity index (χ1n) is 6.29. The Morgan fingerprint density at radius 2 is 2.06 bits per heavy atom. The Balaban J connectivity index is 2.51. The van der Waals surface area contributed by atoms with E-state index in [9.17, 15) is 4.79 Å². The van der Waals surface area contributed by atoms with Gasteiger partial charge in [-0.2, -0.15) is 0 Å². The van der Waals surface area contributed by atoms with Crippen LogP contribution in [-0.4, -0.2) is 19.1 Å². The number of nitrogens with two attached hydrogens (primary N) is 1. The summed E-state index contributed by atoms with van der Waals surface area (Å²) in [4.78, 5) is 11.7. The molecule has 1 aromatic rings. The van der Waals surface area contributed by atoms with Gasteiger partial charge in [0, 0.05) is 31.0 Å². The van der Waals surface area contributed by atoms with Crippen LogP contribution in [0.15, 0.2) is 12.1 Å². The van der Waals surface area contributed by atoms with E-state index in [-0.39, 0.29) is 5.91 Å². The average Bonchev–Trinajstić information content (AvgIpc) is 2.32. The number of nitrogens with one attached hydrogen (secondary N) is 1. The van der Waals surface area contributed by atoms with E-state index in [1.54, 1.807) is 0 Å². The summed E-state index contributed by atoms with van der Waals surface area (Å²) in [6.45, 7) is 7.17. The molecule has 4 nitrogen and oxygen atoms in total. The van der Waals surface area contributed by atoms with Crippen molar-refractivity contribution in [3.8, 4) is 0 Å². The van der Waals surface area contributed by atoms with E-state index in [4.69, 9.17) is 10.5 Å². The van der Waals surface area contributed by atoms with Crippen LogP contribution in [-0.2, 0) is 9.53 Å². The number of aryl methyl sites for hydroxylation is 2. The Morgan fingerprint density at radius 1 is 1.33 bits per heavy atom. The number of nitrogen functional groups attached to an aromatic ring is 1. The predicted molar refractivity (Wildman–Crippen MR) is 74.7 cm³/mol. The van der Waals surface area contributed by atoms with Crippen LogP contribution in [0, 0.1) is 13.8 Å². The zero-order valence-corrected chi connectivity index (χ0v) is 11.4. The van der Waals surface area contributed by atoms with E-state index < -0.39 is 0 Å². The maximum absolute atomic E-state index is 11.7. The van der Waals surface area contributed by atoms with Gasteiger partial charge < -0.3 is 15.8 Å². The van der Waals surface area contributed by atoms with Crippen LogP contribution >= 0.6 is 0 Å². The molecule has 0 heterocycles. The molecule has 0 unspecified atom stereocenters. The molecule has 0 radical (unpaired) electrons. The summed E-state index contributed by atoms with van der Waals surface area (Å²) < 4.78 is 5.19. The third kappa shape index (κ3) is 4.37. The molecule has 1 amide bonds. The number of hydrogen-bond donors (Lipinski definition) is 2. The SMILES string of the molecule is CCOCCCC(=O)Nc1cc(N)c(C)cc1C. The fraction of sp³-hybridized carbons (Fsp3) is 0.500. The minimum Gasteiger partial charge on any atom is -0.398 e. The molecule has 1 rings (SSSR count). The van der Waals surface area contributed by atoms with Crippen molar-refractivity contribution in [2.45, 2.75) is 33.6 Å². The molecule has 0 saturated heterocycles. The normalized spacial score (nSPS) is 10.4. The molecule has 0 fully saturated rings. The van der Waals surface area contributed by atoms with Crippen molar-refractivity contribution in [1.29, 1.82) is 0 Å². The molecule has 0 aliphatic rings. The fourth-order valence-electron chi connectivity index (χ4n) is 1.70. The monoisotopic (exact) mass is 250 g/mol. The Bertz CT molecular complexity index is 417. The van der Waals surface area contributed by atoms with Crippen LogP contribution < -0.4 is 11.1 Å². The second-order valence-corrected chi connectivity index (χ2v) is 4.37. The maximum atomic E-state index is 11.7. The number of rotatable bonds is 6. The van der Waals surface area contributed by atoms with E-state index in [0.29, 0.717) is 25.3 Å². The molecule has 1 aromatic carbocycles. The van der Waals surface area contributed by atoms with Gasteiger partial charge in [-0.15, -0.1) is 0 Å². The first kappa shape index (κ1) is 14.5. The number of amides is 1. The first-order valence-corrected chi connectivity index (χ1v) is 6.29. The lowest BCUT2D eigenvalue weighted by atomic mass is 10.1. The molecule has 0 aromatic heterocycles. The van der Waals surface area contributed by atoms with Gasteiger partial charge in [0.05, 0.1) is 0 Å². The van der Waals surface area contributed by atoms with Crippen LogP contribution in [0.3, 0.4) is 0 Å². The van der Waals surface area contributed by atoms with Crippen molar-refractivity contribution in [2.75, 3.05) is 24.3 Å². The van der Waals surface area contributed by atoms with Gasteiger partial charge in [-0.05, 0) is 44.4 Å². The van der Waals surface area contributed by atoms with Crippen LogP contribution in [0.25, 0.3) is 0 Å². The van der Waals surface area contributed by atoms with Crippen molar-refractivity contribution in [3.05, 3.63) is 23.3 Å². The summed E-state index contributed by atoms with van der Waals surface area (Å²) in [5, 5.41) is 2.88. The van der Waals surface area contributed by atoms with Crippen LogP contribution in [0.2, 0.25) is 0 Å². The highest BCUT2D eigenvalue weighted by Gasteiger charge is 2.06. The predicted octanol–water partition coefficient (Wildman–Crippen LogP) is 2.64. The Hall–Kier alpha value is -1.55. The first-order chi connectivity index (χ1) is 8.54. The largest absolute Gasteiger partial charge is 0.398 e. The van der Waals surface area contributed by atoms with Gasteiger partial charge in [-0.1, -0.05) is 6.07 Å². The van der Waals surface area contributed by atoms with Crippen molar-refractivity contribution in [3.63, 3.8) is 0 Å². The minimum atomic E-state index is 0.000978. The summed E-state index contributed by atoms with van der Waals surface area (Å²) >= 11 is 0. The van der Waals surface area contributed by atoms with Crippen molar-refractivity contribution in [1.82, 2.24) is 0 Å². The Morgan fingerprint density at radius 3 is 2.72 bits per heavy atom. The molecule has 4 heteroatoms. The molecule has 0 bridgehead atoms. The fourth-order valence-corrected chi connectivity index (χ4v) is 1.70. The topological polar surface area (TPSA) is 64.3 Å². The van der Waals surface area contributed by atoms with Crippen LogP contribution in [0.1, 0.15) is 30.9 Å². The molecule has 0 aliphatic carbocycles. The van der Waals surface area contributed by atoms with Crippen LogP contribution in [0.4, 0.5) is 11.4 Å². The van der Waals surface area contributed by atoms with Gasteiger partial charge in [0.1, 0.15) is 0 Å². The van der Waals surface area contributed by atoms with E-state index in [1.165, 1.54) is 0 Å². The standard InChI is InChI=1S/C14H22N2O2/c1-4-18-7-5-6-14(17)16-13-9-12(15)10(2)8-11(13)3/h8-9H,4-7,15H2,1-3H3,(H,16,17). The molecular weight excluding hydrogens is 228 g/mol. The van der Waals surface area contributed by atoms with Gasteiger partial charge >= 0.3 is 0 Å². The number of carbonyl (C=O) groups is 1. The molecule has 0 atom stereocenters. The van der Waals surface area contributed by atoms with Gasteiger partial charge in [0.2, 0.25) is 5.91 Å². The van der Waals surface area contributed by atoms with E-state index >= 15 is 0 Å². The molecule has 3 N–H and O–H groups in total. The minimum absolute atomic E-state index is 0.000978. The quantitative estimate of drug-likeness (QED) is 0.602. The number of benzene rings is 1. The highest BCUT2D eigenvalue weighted by atomic mass is 16.5. The van der Waals surface area contributed by atoms with E-state index in [1.807, 2.05) is 32.9 Å². The van der Waals surface area contributed by atoms with E-state index in [2.05, 4.69) is 5.32 Å². The average molecular weight is 250 g/mol. The van der Waals surface area contributed by atoms with Gasteiger partial charge in [-0.25, -0.2) is 0 Å². The summed E-state index contributed by atoms with van der Waals surface area (Å²) in [6, 6.07) is 3.79. The second-order valence-electron chi connectivity index (χ2n) is 4.37. The summed E-state index contributed by atoms with van der Waals surface area (Å²) in [5.41, 5.74) is 9.38. The number of hydrogen-bond acceptors (Lipinski definition) is 3. The molecule has 18 heavy (non-hydrogen) atoms. The molecule has 0 saturated carbocycles. The van der Waals surface area contributed by atoms with Gasteiger partial charge in [-0.3, -0.25) is 4.79 Å². The number of anilines is 2. The summed E-state index contributed by atoms with van der Waals surface area (Å²) in [6.07, 6.45) is 1.20. The maximum Gasteiger partial charge on any atom is 0.224 e. The molecule has 100 valence electrons. The third-order valence-corrected chi connectivity index (χ3v) is 2.78. The van der Waals surface area contributed by atoms with Crippen molar-refractivity contribution < 1.29 is 9.53 Å². The number of ether oxygens (including phenoxy) is 1.